The molecule has 2 aromatic heterocycles. The van der Waals surface area contributed by atoms with Crippen LogP contribution in [0.15, 0.2) is 10.6 Å². The Kier molecular flexibility index (Phi) is 2.27. The lowest BCUT2D eigenvalue weighted by molar-refractivity contribution is -0.137. The van der Waals surface area contributed by atoms with Crippen LogP contribution in [0, 0.1) is 6.92 Å². The lowest BCUT2D eigenvalue weighted by Crippen LogP contribution is -2.42. The summed E-state index contributed by atoms with van der Waals surface area (Å²) in [5.74, 6) is 2.15. The van der Waals surface area contributed by atoms with Gasteiger partial charge in [0.05, 0.1) is 11.7 Å². The van der Waals surface area contributed by atoms with Crippen molar-refractivity contribution in [3.63, 3.8) is 0 Å². The van der Waals surface area contributed by atoms with Gasteiger partial charge in [0.15, 0.2) is 5.82 Å². The van der Waals surface area contributed by atoms with Crippen molar-refractivity contribution < 1.29 is 9.32 Å². The van der Waals surface area contributed by atoms with Crippen molar-refractivity contribution in [2.75, 3.05) is 6.54 Å². The highest BCUT2D eigenvalue weighted by Gasteiger charge is 2.43. The van der Waals surface area contributed by atoms with E-state index in [1.807, 2.05) is 29.4 Å². The molecule has 2 aliphatic heterocycles. The number of amides is 1. The van der Waals surface area contributed by atoms with Gasteiger partial charge in [-0.1, -0.05) is 5.16 Å². The van der Waals surface area contributed by atoms with E-state index in [1.165, 1.54) is 0 Å². The smallest absolute Gasteiger partial charge is 0.246 e. The number of carbonyl (C=O) groups excluding carboxylic acids is 1. The number of rotatable bonds is 1. The topological polar surface area (TPSA) is 77.0 Å². The summed E-state index contributed by atoms with van der Waals surface area (Å²) < 4.78 is 7.17. The molecule has 1 fully saturated rings. The molecule has 2 aromatic rings. The summed E-state index contributed by atoms with van der Waals surface area (Å²) in [5.41, 5.74) is 0.787. The monoisotopic (exact) mass is 273 g/mol. The van der Waals surface area contributed by atoms with Gasteiger partial charge in [-0.3, -0.25) is 9.36 Å². The molecule has 0 bridgehead atoms. The zero-order chi connectivity index (χ0) is 13.9. The lowest BCUT2D eigenvalue weighted by atomic mass is 10.1. The maximum Gasteiger partial charge on any atom is 0.246 e. The van der Waals surface area contributed by atoms with E-state index < -0.39 is 0 Å². The Labute approximate surface area is 115 Å². The van der Waals surface area contributed by atoms with Crippen molar-refractivity contribution in [3.05, 3.63) is 17.6 Å². The number of aryl methyl sites for hydroxylation is 1. The lowest BCUT2D eigenvalue weighted by Gasteiger charge is -2.33. The highest BCUT2D eigenvalue weighted by atomic mass is 16.5. The molecule has 0 aliphatic carbocycles. The van der Waals surface area contributed by atoms with Gasteiger partial charge in [0.25, 0.3) is 0 Å². The number of nitrogens with zero attached hydrogens (tertiary/aromatic N) is 5. The average Bonchev–Trinajstić information content (AvgIpc) is 3.12. The second-order valence-corrected chi connectivity index (χ2v) is 5.45. The van der Waals surface area contributed by atoms with Gasteiger partial charge < -0.3 is 9.42 Å². The molecular formula is C13H15N5O2. The standard InChI is InChI=1S/C13H15N5O2/c1-7-6-10(20-16-7)12-15-14-11-9-4-3-5-17(9)13(19)8(2)18(11)12/h6,8-9H,3-5H2,1-2H3/t8-,9+/m0/s1. The van der Waals surface area contributed by atoms with Crippen molar-refractivity contribution in [1.29, 1.82) is 0 Å². The van der Waals surface area contributed by atoms with Gasteiger partial charge in [0.2, 0.25) is 17.5 Å². The van der Waals surface area contributed by atoms with Crippen LogP contribution in [-0.4, -0.2) is 37.3 Å². The minimum atomic E-state index is -0.297. The van der Waals surface area contributed by atoms with Gasteiger partial charge in [0.1, 0.15) is 6.04 Å². The van der Waals surface area contributed by atoms with E-state index in [-0.39, 0.29) is 18.0 Å². The van der Waals surface area contributed by atoms with Gasteiger partial charge in [-0.05, 0) is 26.7 Å². The van der Waals surface area contributed by atoms with Crippen LogP contribution < -0.4 is 0 Å². The molecule has 0 aromatic carbocycles. The Morgan fingerprint density at radius 2 is 2.25 bits per heavy atom. The van der Waals surface area contributed by atoms with Crippen LogP contribution in [0.5, 0.6) is 0 Å². The first-order valence-corrected chi connectivity index (χ1v) is 6.86. The third-order valence-corrected chi connectivity index (χ3v) is 4.15. The van der Waals surface area contributed by atoms with Crippen LogP contribution in [-0.2, 0) is 4.79 Å². The van der Waals surface area contributed by atoms with Gasteiger partial charge in [-0.25, -0.2) is 0 Å². The van der Waals surface area contributed by atoms with Crippen molar-refractivity contribution >= 4 is 5.91 Å². The molecule has 1 saturated heterocycles. The molecule has 0 saturated carbocycles. The van der Waals surface area contributed by atoms with Crippen LogP contribution in [0.3, 0.4) is 0 Å². The molecule has 4 rings (SSSR count). The molecule has 2 aliphatic rings. The molecule has 0 radical (unpaired) electrons. The Morgan fingerprint density at radius 1 is 1.40 bits per heavy atom. The summed E-state index contributed by atoms with van der Waals surface area (Å²) in [5, 5.41) is 12.4. The summed E-state index contributed by atoms with van der Waals surface area (Å²) in [4.78, 5) is 14.4. The normalized spacial score (nSPS) is 24.9. The molecule has 0 N–H and O–H groups in total. The molecule has 104 valence electrons. The molecule has 2 atom stereocenters. The van der Waals surface area contributed by atoms with Crippen molar-refractivity contribution in [2.45, 2.75) is 38.8 Å². The van der Waals surface area contributed by atoms with Crippen LogP contribution >= 0.6 is 0 Å². The number of aromatic nitrogens is 4. The molecule has 4 heterocycles. The van der Waals surface area contributed by atoms with Crippen molar-refractivity contribution in [2.24, 2.45) is 0 Å². The maximum absolute atomic E-state index is 12.5. The number of carbonyl (C=O) groups is 1. The van der Waals surface area contributed by atoms with E-state index >= 15 is 0 Å². The van der Waals surface area contributed by atoms with Gasteiger partial charge in [-0.2, -0.15) is 0 Å². The third kappa shape index (κ3) is 1.40. The Hall–Kier alpha value is -2.18. The summed E-state index contributed by atoms with van der Waals surface area (Å²) in [6.45, 7) is 4.56. The third-order valence-electron chi connectivity index (χ3n) is 4.15. The van der Waals surface area contributed by atoms with E-state index in [1.54, 1.807) is 0 Å². The Morgan fingerprint density at radius 3 is 3.00 bits per heavy atom. The number of hydrogen-bond acceptors (Lipinski definition) is 5. The van der Waals surface area contributed by atoms with Gasteiger partial charge >= 0.3 is 0 Å². The predicted molar refractivity (Wildman–Crippen MR) is 68.7 cm³/mol. The van der Waals surface area contributed by atoms with E-state index in [0.29, 0.717) is 11.6 Å². The molecule has 0 spiro atoms. The molecule has 0 unspecified atom stereocenters. The summed E-state index contributed by atoms with van der Waals surface area (Å²) in [6, 6.07) is 1.58. The maximum atomic E-state index is 12.5. The Balaban J connectivity index is 1.88. The SMILES string of the molecule is Cc1cc(-c2nnc3n2[C@@H](C)C(=O)N2CCC[C@H]32)on1. The second-order valence-electron chi connectivity index (χ2n) is 5.45. The van der Waals surface area contributed by atoms with E-state index in [0.717, 1.165) is 30.9 Å². The van der Waals surface area contributed by atoms with Crippen LogP contribution in [0.2, 0.25) is 0 Å². The zero-order valence-electron chi connectivity index (χ0n) is 11.4. The molecule has 7 heteroatoms. The predicted octanol–water partition coefficient (Wildman–Crippen LogP) is 1.48. The molecule has 20 heavy (non-hydrogen) atoms. The fourth-order valence-electron chi connectivity index (χ4n) is 3.20. The van der Waals surface area contributed by atoms with Crippen molar-refractivity contribution in [3.8, 4) is 11.6 Å². The fraction of sp³-hybridized carbons (Fsp3) is 0.538. The van der Waals surface area contributed by atoms with E-state index in [4.69, 9.17) is 4.52 Å². The first-order valence-electron chi connectivity index (χ1n) is 6.86. The highest BCUT2D eigenvalue weighted by molar-refractivity contribution is 5.82. The second kappa shape index (κ2) is 3.91. The zero-order valence-corrected chi connectivity index (χ0v) is 11.4. The van der Waals surface area contributed by atoms with Crippen molar-refractivity contribution in [1.82, 2.24) is 24.8 Å². The van der Waals surface area contributed by atoms with Gasteiger partial charge in [0, 0.05) is 12.6 Å². The molecule has 7 nitrogen and oxygen atoms in total. The molecule has 1 amide bonds. The van der Waals surface area contributed by atoms with E-state index in [2.05, 4.69) is 15.4 Å². The summed E-state index contributed by atoms with van der Waals surface area (Å²) in [6.07, 6.45) is 1.97. The number of fused-ring (bicyclic) bond motifs is 3. The minimum Gasteiger partial charge on any atom is -0.353 e. The van der Waals surface area contributed by atoms with Crippen LogP contribution in [0.4, 0.5) is 0 Å². The first-order chi connectivity index (χ1) is 9.66. The summed E-state index contributed by atoms with van der Waals surface area (Å²) in [7, 11) is 0. The largest absolute Gasteiger partial charge is 0.353 e. The Bertz CT molecular complexity index is 689. The van der Waals surface area contributed by atoms with E-state index in [9.17, 15) is 4.79 Å². The summed E-state index contributed by atoms with van der Waals surface area (Å²) >= 11 is 0. The average molecular weight is 273 g/mol. The first kappa shape index (κ1) is 11.6. The number of hydrogen-bond donors (Lipinski definition) is 0. The highest BCUT2D eigenvalue weighted by Crippen LogP contribution is 2.40. The van der Waals surface area contributed by atoms with Crippen LogP contribution in [0.1, 0.15) is 43.4 Å². The minimum absolute atomic E-state index is 0.0592. The van der Waals surface area contributed by atoms with Crippen LogP contribution in [0.25, 0.3) is 11.6 Å². The fourth-order valence-corrected chi connectivity index (χ4v) is 3.20. The quantitative estimate of drug-likeness (QED) is 0.786. The van der Waals surface area contributed by atoms with Gasteiger partial charge in [-0.15, -0.1) is 10.2 Å². The molecular weight excluding hydrogens is 258 g/mol.